The number of anilines is 1. The van der Waals surface area contributed by atoms with Crippen LogP contribution in [0.3, 0.4) is 0 Å². The lowest BCUT2D eigenvalue weighted by molar-refractivity contribution is 0.599. The number of aromatic nitrogens is 1. The summed E-state index contributed by atoms with van der Waals surface area (Å²) in [6, 6.07) is 20.2. The Bertz CT molecular complexity index is 1200. The molecule has 0 fully saturated rings. The highest BCUT2D eigenvalue weighted by molar-refractivity contribution is 7.92. The monoisotopic (exact) mass is 400 g/mol. The second-order valence-electron chi connectivity index (χ2n) is 6.03. The normalized spacial score (nSPS) is 11.6. The number of fused-ring (bicyclic) bond motifs is 1. The van der Waals surface area contributed by atoms with E-state index in [9.17, 15) is 12.8 Å². The van der Waals surface area contributed by atoms with Crippen LogP contribution in [0.15, 0.2) is 77.7 Å². The van der Waals surface area contributed by atoms with Crippen LogP contribution in [0.25, 0.3) is 22.2 Å². The number of hydrogen-bond acceptors (Lipinski definition) is 2. The van der Waals surface area contributed by atoms with Crippen molar-refractivity contribution in [2.24, 2.45) is 0 Å². The van der Waals surface area contributed by atoms with Gasteiger partial charge in [0.05, 0.1) is 9.92 Å². The van der Waals surface area contributed by atoms with Gasteiger partial charge in [0.1, 0.15) is 5.82 Å². The van der Waals surface area contributed by atoms with E-state index < -0.39 is 15.8 Å². The molecule has 0 atom stereocenters. The van der Waals surface area contributed by atoms with Crippen LogP contribution < -0.4 is 4.72 Å². The molecule has 0 aliphatic carbocycles. The Hall–Kier alpha value is -2.83. The van der Waals surface area contributed by atoms with Crippen LogP contribution in [0, 0.1) is 5.82 Å². The first-order valence-corrected chi connectivity index (χ1v) is 9.94. The van der Waals surface area contributed by atoms with E-state index in [1.807, 2.05) is 42.5 Å². The first kappa shape index (κ1) is 17.6. The average Bonchev–Trinajstić information content (AvgIpc) is 3.08. The number of rotatable bonds is 4. The fourth-order valence-electron chi connectivity index (χ4n) is 2.80. The standard InChI is InChI=1S/C20H14ClFN2O2S/c21-17-12-16(9-10-18(17)22)27(25,26)24-15-7-5-13(6-8-15)20-11-14-3-1-2-4-19(14)23-20/h1-12,23-24H. The van der Waals surface area contributed by atoms with Crippen molar-refractivity contribution in [3.63, 3.8) is 0 Å². The molecule has 4 aromatic rings. The lowest BCUT2D eigenvalue weighted by Crippen LogP contribution is -2.13. The zero-order chi connectivity index (χ0) is 19.0. The molecule has 2 N–H and O–H groups in total. The number of hydrogen-bond donors (Lipinski definition) is 2. The molecule has 0 bridgehead atoms. The summed E-state index contributed by atoms with van der Waals surface area (Å²) in [6.07, 6.45) is 0. The van der Waals surface area contributed by atoms with Gasteiger partial charge in [0.25, 0.3) is 10.0 Å². The quantitative estimate of drug-likeness (QED) is 0.480. The van der Waals surface area contributed by atoms with Crippen molar-refractivity contribution < 1.29 is 12.8 Å². The van der Waals surface area contributed by atoms with Crippen molar-refractivity contribution in [3.05, 3.63) is 83.6 Å². The van der Waals surface area contributed by atoms with Gasteiger partial charge in [-0.3, -0.25) is 4.72 Å². The topological polar surface area (TPSA) is 62.0 Å². The summed E-state index contributed by atoms with van der Waals surface area (Å²) >= 11 is 5.67. The van der Waals surface area contributed by atoms with Gasteiger partial charge in [-0.15, -0.1) is 0 Å². The van der Waals surface area contributed by atoms with Crippen molar-refractivity contribution >= 4 is 38.2 Å². The van der Waals surface area contributed by atoms with E-state index in [2.05, 4.69) is 9.71 Å². The summed E-state index contributed by atoms with van der Waals surface area (Å²) in [5.74, 6) is -0.668. The molecule has 0 aliphatic rings. The maximum absolute atomic E-state index is 13.2. The van der Waals surface area contributed by atoms with Crippen LogP contribution in [-0.4, -0.2) is 13.4 Å². The highest BCUT2D eigenvalue weighted by Gasteiger charge is 2.16. The molecule has 4 nitrogen and oxygen atoms in total. The molecule has 0 radical (unpaired) electrons. The smallest absolute Gasteiger partial charge is 0.261 e. The first-order chi connectivity index (χ1) is 12.9. The summed E-state index contributed by atoms with van der Waals surface area (Å²) in [6.45, 7) is 0. The molecule has 3 aromatic carbocycles. The number of nitrogens with one attached hydrogen (secondary N) is 2. The van der Waals surface area contributed by atoms with Crippen molar-refractivity contribution in [3.8, 4) is 11.3 Å². The largest absolute Gasteiger partial charge is 0.355 e. The zero-order valence-electron chi connectivity index (χ0n) is 13.9. The minimum Gasteiger partial charge on any atom is -0.355 e. The van der Waals surface area contributed by atoms with Gasteiger partial charge in [-0.05, 0) is 48.0 Å². The van der Waals surface area contributed by atoms with Crippen molar-refractivity contribution in [1.29, 1.82) is 0 Å². The molecule has 1 aromatic heterocycles. The molecule has 0 aliphatic heterocycles. The molecule has 0 saturated heterocycles. The zero-order valence-corrected chi connectivity index (χ0v) is 15.5. The molecule has 4 rings (SSSR count). The van der Waals surface area contributed by atoms with Crippen LogP contribution >= 0.6 is 11.6 Å². The van der Waals surface area contributed by atoms with Gasteiger partial charge >= 0.3 is 0 Å². The summed E-state index contributed by atoms with van der Waals surface area (Å²) in [4.78, 5) is 3.22. The highest BCUT2D eigenvalue weighted by atomic mass is 35.5. The van der Waals surface area contributed by atoms with Gasteiger partial charge in [-0.2, -0.15) is 0 Å². The summed E-state index contributed by atoms with van der Waals surface area (Å²) in [5.41, 5.74) is 3.30. The van der Waals surface area contributed by atoms with Gasteiger partial charge in [-0.25, -0.2) is 12.8 Å². The molecule has 7 heteroatoms. The molecule has 0 saturated carbocycles. The number of para-hydroxylation sites is 1. The Morgan fingerprint density at radius 1 is 0.926 bits per heavy atom. The predicted octanol–water partition coefficient (Wildman–Crippen LogP) is 5.43. The molecule has 27 heavy (non-hydrogen) atoms. The van der Waals surface area contributed by atoms with Gasteiger partial charge in [0.2, 0.25) is 0 Å². The maximum atomic E-state index is 13.2. The molecule has 0 unspecified atom stereocenters. The Kier molecular flexibility index (Phi) is 4.37. The third kappa shape index (κ3) is 3.54. The van der Waals surface area contributed by atoms with Crippen LogP contribution in [0.2, 0.25) is 5.02 Å². The van der Waals surface area contributed by atoms with Crippen LogP contribution in [0.5, 0.6) is 0 Å². The molecule has 0 amide bonds. The fraction of sp³-hybridized carbons (Fsp3) is 0. The third-order valence-corrected chi connectivity index (χ3v) is 5.85. The molecular formula is C20H14ClFN2O2S. The summed E-state index contributed by atoms with van der Waals surface area (Å²) < 4.78 is 40.6. The van der Waals surface area contributed by atoms with E-state index >= 15 is 0 Å². The Labute approximate surface area is 160 Å². The van der Waals surface area contributed by atoms with Crippen molar-refractivity contribution in [1.82, 2.24) is 4.98 Å². The Morgan fingerprint density at radius 2 is 1.67 bits per heavy atom. The minimum atomic E-state index is -3.86. The molecule has 1 heterocycles. The van der Waals surface area contributed by atoms with E-state index in [1.165, 1.54) is 6.07 Å². The van der Waals surface area contributed by atoms with E-state index in [0.717, 1.165) is 34.3 Å². The lowest BCUT2D eigenvalue weighted by atomic mass is 10.1. The molecule has 0 spiro atoms. The fourth-order valence-corrected chi connectivity index (χ4v) is 4.13. The van der Waals surface area contributed by atoms with Crippen LogP contribution in [0.4, 0.5) is 10.1 Å². The SMILES string of the molecule is O=S(=O)(Nc1ccc(-c2cc3ccccc3[nH]2)cc1)c1ccc(F)c(Cl)c1. The number of aromatic amines is 1. The maximum Gasteiger partial charge on any atom is 0.261 e. The average molecular weight is 401 g/mol. The van der Waals surface area contributed by atoms with Gasteiger partial charge in [0.15, 0.2) is 0 Å². The van der Waals surface area contributed by atoms with Gasteiger partial charge in [-0.1, -0.05) is 41.9 Å². The number of halogens is 2. The number of benzene rings is 3. The van der Waals surface area contributed by atoms with Gasteiger partial charge in [0, 0.05) is 22.3 Å². The van der Waals surface area contributed by atoms with Crippen molar-refractivity contribution in [2.75, 3.05) is 4.72 Å². The van der Waals surface area contributed by atoms with E-state index in [4.69, 9.17) is 11.6 Å². The Morgan fingerprint density at radius 3 is 2.37 bits per heavy atom. The first-order valence-electron chi connectivity index (χ1n) is 8.08. The second kappa shape index (κ2) is 6.72. The lowest BCUT2D eigenvalue weighted by Gasteiger charge is -2.09. The van der Waals surface area contributed by atoms with E-state index in [0.29, 0.717) is 5.69 Å². The van der Waals surface area contributed by atoms with E-state index in [1.54, 1.807) is 12.1 Å². The second-order valence-corrected chi connectivity index (χ2v) is 8.12. The number of H-pyrrole nitrogens is 1. The third-order valence-electron chi connectivity index (χ3n) is 4.18. The van der Waals surface area contributed by atoms with Crippen LogP contribution in [-0.2, 0) is 10.0 Å². The minimum absolute atomic E-state index is 0.103. The van der Waals surface area contributed by atoms with Crippen molar-refractivity contribution in [2.45, 2.75) is 4.90 Å². The molecule has 136 valence electrons. The van der Waals surface area contributed by atoms with Crippen LogP contribution in [0.1, 0.15) is 0 Å². The summed E-state index contributed by atoms with van der Waals surface area (Å²) in [5, 5.41) is 0.859. The van der Waals surface area contributed by atoms with Gasteiger partial charge < -0.3 is 4.98 Å². The number of sulfonamides is 1. The Balaban J connectivity index is 1.59. The highest BCUT2D eigenvalue weighted by Crippen LogP contribution is 2.26. The summed E-state index contributed by atoms with van der Waals surface area (Å²) in [7, 11) is -3.86. The molecular weight excluding hydrogens is 387 g/mol. The predicted molar refractivity (Wildman–Crippen MR) is 106 cm³/mol. The van der Waals surface area contributed by atoms with E-state index in [-0.39, 0.29) is 9.92 Å².